The van der Waals surface area contributed by atoms with Crippen LogP contribution in [0.1, 0.15) is 26.7 Å². The molecule has 2 heterocycles. The normalized spacial score (nSPS) is 34.0. The van der Waals surface area contributed by atoms with Crippen LogP contribution >= 0.6 is 0 Å². The number of nitrogens with zero attached hydrogens (tertiary/aromatic N) is 2. The Morgan fingerprint density at radius 2 is 2.25 bits per heavy atom. The fraction of sp³-hybridized carbons (Fsp3) is 0.750. The van der Waals surface area contributed by atoms with Gasteiger partial charge in [-0.15, -0.1) is 0 Å². The molecule has 1 saturated carbocycles. The van der Waals surface area contributed by atoms with Crippen LogP contribution in [0, 0.1) is 34.5 Å². The molecule has 0 aromatic heterocycles. The Balaban J connectivity index is 1.67. The van der Waals surface area contributed by atoms with Crippen molar-refractivity contribution in [3.63, 3.8) is 0 Å². The number of fused-ring (bicyclic) bond motifs is 1. The predicted octanol–water partition coefficient (Wildman–Crippen LogP) is 0.155. The lowest BCUT2D eigenvalue weighted by Gasteiger charge is -2.28. The van der Waals surface area contributed by atoms with E-state index in [1.165, 1.54) is 4.90 Å². The van der Waals surface area contributed by atoms with E-state index >= 15 is 0 Å². The first kappa shape index (κ1) is 16.6. The fourth-order valence-corrected chi connectivity index (χ4v) is 4.34. The number of likely N-dealkylation sites (tertiary alicyclic amines) is 1. The third kappa shape index (κ3) is 2.58. The summed E-state index contributed by atoms with van der Waals surface area (Å²) in [5, 5.41) is 24.0. The quantitative estimate of drug-likeness (QED) is 0.676. The molecule has 0 aromatic carbocycles. The average molecular weight is 334 g/mol. The third-order valence-electron chi connectivity index (χ3n) is 5.88. The Morgan fingerprint density at radius 1 is 1.54 bits per heavy atom. The van der Waals surface area contributed by atoms with Gasteiger partial charge in [0.25, 0.3) is 0 Å². The Bertz CT molecular complexity index is 626. The van der Waals surface area contributed by atoms with E-state index < -0.39 is 24.1 Å². The first-order chi connectivity index (χ1) is 11.3. The van der Waals surface area contributed by atoms with Gasteiger partial charge in [-0.05, 0) is 30.1 Å². The van der Waals surface area contributed by atoms with E-state index in [0.717, 1.165) is 0 Å². The van der Waals surface area contributed by atoms with E-state index in [2.05, 4.69) is 10.6 Å². The molecule has 8 nitrogen and oxygen atoms in total. The van der Waals surface area contributed by atoms with Crippen molar-refractivity contribution in [3.05, 3.63) is 0 Å². The molecular weight excluding hydrogens is 312 g/mol. The number of piperidine rings is 1. The van der Waals surface area contributed by atoms with E-state index in [0.29, 0.717) is 19.5 Å². The highest BCUT2D eigenvalue weighted by molar-refractivity contribution is 5.88. The molecule has 2 aliphatic heterocycles. The Morgan fingerprint density at radius 3 is 2.79 bits per heavy atom. The summed E-state index contributed by atoms with van der Waals surface area (Å²) in [5.41, 5.74) is -0.0541. The fourth-order valence-electron chi connectivity index (χ4n) is 4.34. The van der Waals surface area contributed by atoms with Crippen LogP contribution in [0.4, 0.5) is 4.79 Å². The first-order valence-corrected chi connectivity index (χ1v) is 8.24. The first-order valence-electron chi connectivity index (χ1n) is 8.24. The zero-order chi connectivity index (χ0) is 17.6. The maximum absolute atomic E-state index is 12.6. The number of nitriles is 1. The number of carbonyl (C=O) groups excluding carboxylic acids is 2. The molecule has 0 aromatic rings. The molecule has 0 bridgehead atoms. The molecule has 0 spiro atoms. The molecule has 3 amide bonds. The number of nitrogens with one attached hydrogen (secondary N) is 2. The van der Waals surface area contributed by atoms with Crippen LogP contribution in [0.2, 0.25) is 0 Å². The summed E-state index contributed by atoms with van der Waals surface area (Å²) in [6.07, 6.45) is -0.206. The SMILES string of the molecule is CC1(C)[C@@H]2[C@@H](C(=O)N[C@H](C#N)C[C@@H]3CCNC3=O)N(C(=O)O)C[C@@H]21. The van der Waals surface area contributed by atoms with E-state index in [4.69, 9.17) is 0 Å². The van der Waals surface area contributed by atoms with E-state index in [9.17, 15) is 24.8 Å². The highest BCUT2D eigenvalue weighted by Crippen LogP contribution is 2.64. The average Bonchev–Trinajstić information content (AvgIpc) is 2.92. The number of carboxylic acid groups (broad SMARTS) is 1. The van der Waals surface area contributed by atoms with Gasteiger partial charge < -0.3 is 15.7 Å². The monoisotopic (exact) mass is 334 g/mol. The lowest BCUT2D eigenvalue weighted by Crippen LogP contribution is -2.51. The van der Waals surface area contributed by atoms with Gasteiger partial charge in [-0.1, -0.05) is 13.8 Å². The topological polar surface area (TPSA) is 123 Å². The van der Waals surface area contributed by atoms with E-state index in [1.807, 2.05) is 19.9 Å². The van der Waals surface area contributed by atoms with E-state index in [1.54, 1.807) is 0 Å². The largest absolute Gasteiger partial charge is 0.465 e. The van der Waals surface area contributed by atoms with Crippen LogP contribution in [-0.4, -0.2) is 53.1 Å². The molecule has 2 saturated heterocycles. The Hall–Kier alpha value is -2.30. The van der Waals surface area contributed by atoms with Gasteiger partial charge in [0, 0.05) is 19.0 Å². The molecule has 24 heavy (non-hydrogen) atoms. The minimum absolute atomic E-state index is 0.0114. The Kier molecular flexibility index (Phi) is 3.90. The third-order valence-corrected chi connectivity index (χ3v) is 5.88. The van der Waals surface area contributed by atoms with Gasteiger partial charge in [-0.25, -0.2) is 4.79 Å². The standard InChI is InChI=1S/C16H22N4O4/c1-16(2)10-7-20(15(23)24)12(11(10)16)14(22)19-9(6-17)5-8-3-4-18-13(8)21/h8-12H,3-5,7H2,1-2H3,(H,18,21)(H,19,22)(H,23,24)/t8-,9-,10-,11-,12-/m0/s1. The van der Waals surface area contributed by atoms with Crippen molar-refractivity contribution in [1.29, 1.82) is 5.26 Å². The molecule has 0 unspecified atom stereocenters. The number of hydrogen-bond acceptors (Lipinski definition) is 4. The molecule has 130 valence electrons. The van der Waals surface area contributed by atoms with Crippen molar-refractivity contribution in [1.82, 2.24) is 15.5 Å². The second-order valence-electron chi connectivity index (χ2n) is 7.54. The molecule has 0 radical (unpaired) electrons. The minimum atomic E-state index is -1.11. The van der Waals surface area contributed by atoms with Crippen molar-refractivity contribution in [2.24, 2.45) is 23.2 Å². The molecule has 3 rings (SSSR count). The maximum Gasteiger partial charge on any atom is 0.407 e. The summed E-state index contributed by atoms with van der Waals surface area (Å²) >= 11 is 0. The summed E-state index contributed by atoms with van der Waals surface area (Å²) < 4.78 is 0. The predicted molar refractivity (Wildman–Crippen MR) is 82.6 cm³/mol. The smallest absolute Gasteiger partial charge is 0.407 e. The summed E-state index contributed by atoms with van der Waals surface area (Å²) in [5.74, 6) is -0.631. The van der Waals surface area contributed by atoms with Crippen LogP contribution in [0.15, 0.2) is 0 Å². The van der Waals surface area contributed by atoms with Gasteiger partial charge in [0.1, 0.15) is 12.1 Å². The lowest BCUT2D eigenvalue weighted by molar-refractivity contribution is -0.127. The van der Waals surface area contributed by atoms with Crippen LogP contribution in [0.3, 0.4) is 0 Å². The lowest BCUT2D eigenvalue weighted by atomic mass is 9.97. The summed E-state index contributed by atoms with van der Waals surface area (Å²) in [4.78, 5) is 36.8. The van der Waals surface area contributed by atoms with Crippen LogP contribution in [-0.2, 0) is 9.59 Å². The Labute approximate surface area is 140 Å². The zero-order valence-electron chi connectivity index (χ0n) is 13.8. The number of carbonyl (C=O) groups is 3. The highest BCUT2D eigenvalue weighted by Gasteiger charge is 2.69. The summed E-state index contributed by atoms with van der Waals surface area (Å²) in [7, 11) is 0. The molecule has 3 fully saturated rings. The molecule has 3 N–H and O–H groups in total. The summed E-state index contributed by atoms with van der Waals surface area (Å²) in [6.45, 7) is 5.01. The second kappa shape index (κ2) is 5.65. The van der Waals surface area contributed by atoms with Crippen molar-refractivity contribution < 1.29 is 19.5 Å². The highest BCUT2D eigenvalue weighted by atomic mass is 16.4. The van der Waals surface area contributed by atoms with Crippen molar-refractivity contribution in [3.8, 4) is 6.07 Å². The van der Waals surface area contributed by atoms with Gasteiger partial charge in [-0.3, -0.25) is 14.5 Å². The number of hydrogen-bond donors (Lipinski definition) is 3. The van der Waals surface area contributed by atoms with Crippen molar-refractivity contribution in [2.75, 3.05) is 13.1 Å². The number of amides is 3. The van der Waals surface area contributed by atoms with Gasteiger partial charge in [0.2, 0.25) is 11.8 Å². The van der Waals surface area contributed by atoms with Gasteiger partial charge in [-0.2, -0.15) is 5.26 Å². The van der Waals surface area contributed by atoms with Crippen LogP contribution in [0.25, 0.3) is 0 Å². The van der Waals surface area contributed by atoms with Gasteiger partial charge >= 0.3 is 6.09 Å². The van der Waals surface area contributed by atoms with Crippen LogP contribution in [0.5, 0.6) is 0 Å². The zero-order valence-corrected chi connectivity index (χ0v) is 13.8. The minimum Gasteiger partial charge on any atom is -0.465 e. The van der Waals surface area contributed by atoms with E-state index in [-0.39, 0.29) is 35.5 Å². The molecule has 5 atom stereocenters. The van der Waals surface area contributed by atoms with Crippen molar-refractivity contribution >= 4 is 17.9 Å². The summed E-state index contributed by atoms with van der Waals surface area (Å²) in [6, 6.07) is 0.476. The molecule has 1 aliphatic carbocycles. The number of rotatable bonds is 4. The molecule has 3 aliphatic rings. The van der Waals surface area contributed by atoms with Crippen LogP contribution < -0.4 is 10.6 Å². The second-order valence-corrected chi connectivity index (χ2v) is 7.54. The van der Waals surface area contributed by atoms with Gasteiger partial charge in [0.15, 0.2) is 0 Å². The van der Waals surface area contributed by atoms with Gasteiger partial charge in [0.05, 0.1) is 6.07 Å². The molecular formula is C16H22N4O4. The maximum atomic E-state index is 12.6. The van der Waals surface area contributed by atoms with Crippen molar-refractivity contribution in [2.45, 2.75) is 38.8 Å². The molecule has 8 heteroatoms.